The van der Waals surface area contributed by atoms with Crippen LogP contribution in [0, 0.1) is 12.7 Å². The van der Waals surface area contributed by atoms with Gasteiger partial charge in [-0.05, 0) is 24.6 Å². The van der Waals surface area contributed by atoms with Gasteiger partial charge in [-0.15, -0.1) is 0 Å². The number of aryl methyl sites for hydroxylation is 1. The first-order chi connectivity index (χ1) is 8.49. The van der Waals surface area contributed by atoms with Crippen LogP contribution >= 0.6 is 11.6 Å². The summed E-state index contributed by atoms with van der Waals surface area (Å²) in [6.45, 7) is 1.94. The number of hydrogen-bond donors (Lipinski definition) is 1. The first-order valence-corrected chi connectivity index (χ1v) is 5.56. The highest BCUT2D eigenvalue weighted by atomic mass is 35.5. The summed E-state index contributed by atoms with van der Waals surface area (Å²) >= 11 is 5.91. The van der Waals surface area contributed by atoms with E-state index in [0.29, 0.717) is 11.4 Å². The Morgan fingerprint density at radius 3 is 2.89 bits per heavy atom. The molecule has 1 heterocycles. The number of halogens is 2. The summed E-state index contributed by atoms with van der Waals surface area (Å²) in [6, 6.07) is 4.01. The zero-order chi connectivity index (χ0) is 13.3. The summed E-state index contributed by atoms with van der Waals surface area (Å²) < 4.78 is 14.4. The van der Waals surface area contributed by atoms with Crippen molar-refractivity contribution in [2.24, 2.45) is 0 Å². The average Bonchev–Trinajstić information content (AvgIpc) is 2.64. The Kier molecular flexibility index (Phi) is 3.34. The molecule has 0 fully saturated rings. The molecule has 6 heteroatoms. The third kappa shape index (κ3) is 2.36. The lowest BCUT2D eigenvalue weighted by molar-refractivity contribution is 0.0685. The molecular weight excluding hydrogens is 259 g/mol. The van der Waals surface area contributed by atoms with Crippen molar-refractivity contribution in [2.45, 2.75) is 13.5 Å². The molecule has 94 valence electrons. The van der Waals surface area contributed by atoms with E-state index in [1.807, 2.05) is 0 Å². The normalized spacial score (nSPS) is 10.6. The van der Waals surface area contributed by atoms with E-state index in [9.17, 15) is 9.18 Å². The first-order valence-electron chi connectivity index (χ1n) is 5.18. The van der Waals surface area contributed by atoms with Crippen molar-refractivity contribution in [3.05, 3.63) is 52.3 Å². The minimum absolute atomic E-state index is 0.0768. The minimum atomic E-state index is -1.06. The van der Waals surface area contributed by atoms with E-state index in [0.717, 1.165) is 0 Å². The van der Waals surface area contributed by atoms with Gasteiger partial charge >= 0.3 is 5.97 Å². The highest BCUT2D eigenvalue weighted by Gasteiger charge is 2.14. The summed E-state index contributed by atoms with van der Waals surface area (Å²) in [5.41, 5.74) is 0.717. The highest BCUT2D eigenvalue weighted by Crippen LogP contribution is 2.19. The molecule has 1 aromatic heterocycles. The number of hydrogen-bond acceptors (Lipinski definition) is 2. The fourth-order valence-electron chi connectivity index (χ4n) is 1.66. The molecule has 0 unspecified atom stereocenters. The Labute approximate surface area is 108 Å². The number of benzene rings is 1. The smallest absolute Gasteiger partial charge is 0.354 e. The van der Waals surface area contributed by atoms with Crippen LogP contribution in [0.15, 0.2) is 24.4 Å². The van der Waals surface area contributed by atoms with Crippen LogP contribution in [0.1, 0.15) is 21.9 Å². The summed E-state index contributed by atoms with van der Waals surface area (Å²) in [7, 11) is 0. The maximum atomic E-state index is 12.9. The van der Waals surface area contributed by atoms with Crippen LogP contribution in [-0.2, 0) is 6.54 Å². The fraction of sp³-hybridized carbons (Fsp3) is 0.167. The van der Waals surface area contributed by atoms with Crippen LogP contribution in [-0.4, -0.2) is 20.6 Å². The van der Waals surface area contributed by atoms with Crippen LogP contribution < -0.4 is 0 Å². The Bertz CT molecular complexity index is 610. The lowest BCUT2D eigenvalue weighted by Gasteiger charge is -2.09. The number of carboxylic acid groups (broad SMARTS) is 1. The quantitative estimate of drug-likeness (QED) is 0.931. The number of rotatable bonds is 3. The molecule has 1 N–H and O–H groups in total. The van der Waals surface area contributed by atoms with Crippen LogP contribution in [0.25, 0.3) is 0 Å². The molecule has 0 atom stereocenters. The van der Waals surface area contributed by atoms with Crippen molar-refractivity contribution in [3.8, 4) is 0 Å². The highest BCUT2D eigenvalue weighted by molar-refractivity contribution is 6.31. The Morgan fingerprint density at radius 2 is 2.28 bits per heavy atom. The average molecular weight is 269 g/mol. The van der Waals surface area contributed by atoms with E-state index in [1.54, 1.807) is 6.92 Å². The predicted molar refractivity (Wildman–Crippen MR) is 64.4 cm³/mol. The van der Waals surface area contributed by atoms with Gasteiger partial charge in [-0.3, -0.25) is 0 Å². The second-order valence-electron chi connectivity index (χ2n) is 3.82. The molecule has 0 aliphatic rings. The van der Waals surface area contributed by atoms with Crippen LogP contribution in [0.2, 0.25) is 5.02 Å². The van der Waals surface area contributed by atoms with Gasteiger partial charge in [0.15, 0.2) is 0 Å². The Hall–Kier alpha value is -1.88. The van der Waals surface area contributed by atoms with Gasteiger partial charge in [-0.1, -0.05) is 17.7 Å². The summed E-state index contributed by atoms with van der Waals surface area (Å²) in [5, 5.41) is 9.28. The van der Waals surface area contributed by atoms with Gasteiger partial charge in [-0.2, -0.15) is 0 Å². The van der Waals surface area contributed by atoms with Crippen molar-refractivity contribution in [3.63, 3.8) is 0 Å². The largest absolute Gasteiger partial charge is 0.477 e. The molecule has 0 saturated heterocycles. The van der Waals surface area contributed by atoms with Crippen molar-refractivity contribution in [1.29, 1.82) is 0 Å². The topological polar surface area (TPSA) is 55.1 Å². The number of imidazole rings is 1. The van der Waals surface area contributed by atoms with Crippen LogP contribution in [0.3, 0.4) is 0 Å². The van der Waals surface area contributed by atoms with Crippen molar-refractivity contribution < 1.29 is 14.3 Å². The van der Waals surface area contributed by atoms with Gasteiger partial charge in [0, 0.05) is 5.02 Å². The van der Waals surface area contributed by atoms with Gasteiger partial charge in [0.1, 0.15) is 17.3 Å². The standard InChI is InChI=1S/C12H10ClFN2O2/c1-7-15-5-11(12(17)18)16(7)6-8-2-3-9(14)4-10(8)13/h2-5H,6H2,1H3,(H,17,18). The maximum Gasteiger partial charge on any atom is 0.354 e. The summed E-state index contributed by atoms with van der Waals surface area (Å²) in [5.74, 6) is -0.925. The van der Waals surface area contributed by atoms with Crippen molar-refractivity contribution in [1.82, 2.24) is 9.55 Å². The molecule has 0 bridgehead atoms. The number of carboxylic acids is 1. The Balaban J connectivity index is 2.39. The van der Waals surface area contributed by atoms with Gasteiger partial charge in [0.2, 0.25) is 0 Å². The lowest BCUT2D eigenvalue weighted by Crippen LogP contribution is -2.11. The molecule has 0 aliphatic heterocycles. The third-order valence-electron chi connectivity index (χ3n) is 2.62. The van der Waals surface area contributed by atoms with Crippen molar-refractivity contribution >= 4 is 17.6 Å². The molecule has 0 saturated carbocycles. The van der Waals surface area contributed by atoms with E-state index in [1.165, 1.54) is 29.0 Å². The third-order valence-corrected chi connectivity index (χ3v) is 2.97. The monoisotopic (exact) mass is 268 g/mol. The molecule has 0 aliphatic carbocycles. The van der Waals surface area contributed by atoms with Crippen LogP contribution in [0.4, 0.5) is 4.39 Å². The Morgan fingerprint density at radius 1 is 1.56 bits per heavy atom. The lowest BCUT2D eigenvalue weighted by atomic mass is 10.2. The van der Waals surface area contributed by atoms with Gasteiger partial charge in [-0.25, -0.2) is 14.2 Å². The molecule has 4 nitrogen and oxygen atoms in total. The molecule has 0 spiro atoms. The zero-order valence-electron chi connectivity index (χ0n) is 9.52. The van der Waals surface area contributed by atoms with E-state index in [4.69, 9.17) is 16.7 Å². The molecule has 2 rings (SSSR count). The van der Waals surface area contributed by atoms with Crippen molar-refractivity contribution in [2.75, 3.05) is 0 Å². The maximum absolute atomic E-state index is 12.9. The fourth-order valence-corrected chi connectivity index (χ4v) is 1.89. The molecule has 0 radical (unpaired) electrons. The van der Waals surface area contributed by atoms with Gasteiger partial charge in [0.05, 0.1) is 12.7 Å². The molecule has 2 aromatic rings. The second kappa shape index (κ2) is 4.78. The zero-order valence-corrected chi connectivity index (χ0v) is 10.3. The van der Waals surface area contributed by atoms with E-state index < -0.39 is 11.8 Å². The second-order valence-corrected chi connectivity index (χ2v) is 4.22. The molecular formula is C12H10ClFN2O2. The van der Waals surface area contributed by atoms with E-state index >= 15 is 0 Å². The summed E-state index contributed by atoms with van der Waals surface area (Å²) in [6.07, 6.45) is 1.29. The van der Waals surface area contributed by atoms with Gasteiger partial charge < -0.3 is 9.67 Å². The molecule has 0 amide bonds. The van der Waals surface area contributed by atoms with Gasteiger partial charge in [0.25, 0.3) is 0 Å². The molecule has 18 heavy (non-hydrogen) atoms. The molecule has 1 aromatic carbocycles. The predicted octanol–water partition coefficient (Wildman–Crippen LogP) is 2.73. The van der Waals surface area contributed by atoms with Crippen LogP contribution in [0.5, 0.6) is 0 Å². The SMILES string of the molecule is Cc1ncc(C(=O)O)n1Cc1ccc(F)cc1Cl. The first kappa shape index (κ1) is 12.6. The number of aromatic nitrogens is 2. The number of carbonyl (C=O) groups is 1. The van der Waals surface area contributed by atoms with E-state index in [-0.39, 0.29) is 17.3 Å². The van der Waals surface area contributed by atoms with E-state index in [2.05, 4.69) is 4.98 Å². The number of nitrogens with zero attached hydrogens (tertiary/aromatic N) is 2. The summed E-state index contributed by atoms with van der Waals surface area (Å²) in [4.78, 5) is 15.0. The number of aromatic carboxylic acids is 1. The minimum Gasteiger partial charge on any atom is -0.477 e.